The molecule has 0 aromatic carbocycles. The maximum absolute atomic E-state index is 3.64. The minimum Gasteiger partial charge on any atom is -0.103 e. The molecule has 0 atom stereocenters. The van der Waals surface area contributed by atoms with Crippen molar-refractivity contribution >= 4 is 0 Å². The van der Waals surface area contributed by atoms with E-state index < -0.39 is 0 Å². The van der Waals surface area contributed by atoms with Gasteiger partial charge in [-0.15, -0.1) is 6.58 Å². The van der Waals surface area contributed by atoms with Crippen molar-refractivity contribution in [3.8, 4) is 0 Å². The molecule has 0 N–H and O–H groups in total. The summed E-state index contributed by atoms with van der Waals surface area (Å²) in [6.07, 6.45) is 15.8. The zero-order valence-corrected chi connectivity index (χ0v) is 6.87. The molecular formula is C11H17. The highest BCUT2D eigenvalue weighted by Gasteiger charge is 1.73. The van der Waals surface area contributed by atoms with Crippen molar-refractivity contribution in [2.24, 2.45) is 0 Å². The van der Waals surface area contributed by atoms with E-state index in [0.29, 0.717) is 0 Å². The first-order valence-corrected chi connectivity index (χ1v) is 3.80. The molecule has 0 aliphatic heterocycles. The van der Waals surface area contributed by atoms with Crippen LogP contribution in [-0.4, -0.2) is 0 Å². The summed E-state index contributed by atoms with van der Waals surface area (Å²) in [4.78, 5) is 0. The molecular weight excluding hydrogens is 132 g/mol. The Morgan fingerprint density at radius 2 is 1.82 bits per heavy atom. The van der Waals surface area contributed by atoms with Crippen molar-refractivity contribution in [1.82, 2.24) is 0 Å². The molecule has 0 amide bonds. The zero-order chi connectivity index (χ0) is 8.36. The lowest BCUT2D eigenvalue weighted by Gasteiger charge is -1.83. The van der Waals surface area contributed by atoms with Gasteiger partial charge in [0.15, 0.2) is 0 Å². The third-order valence-corrected chi connectivity index (χ3v) is 1.14. The summed E-state index contributed by atoms with van der Waals surface area (Å²) in [6.45, 7) is 7.20. The van der Waals surface area contributed by atoms with Gasteiger partial charge in [0.05, 0.1) is 0 Å². The van der Waals surface area contributed by atoms with Crippen LogP contribution in [-0.2, 0) is 0 Å². The minimum absolute atomic E-state index is 0. The van der Waals surface area contributed by atoms with Crippen molar-refractivity contribution in [1.29, 1.82) is 0 Å². The van der Waals surface area contributed by atoms with Crippen molar-refractivity contribution in [3.05, 3.63) is 56.0 Å². The Balaban J connectivity index is 0. The maximum atomic E-state index is 3.64. The molecule has 0 saturated heterocycles. The van der Waals surface area contributed by atoms with Crippen LogP contribution in [0.2, 0.25) is 0 Å². The molecule has 11 heavy (non-hydrogen) atoms. The Morgan fingerprint density at radius 1 is 1.00 bits per heavy atom. The molecule has 0 rings (SSSR count). The van der Waals surface area contributed by atoms with E-state index in [0.717, 1.165) is 12.8 Å². The molecule has 0 heteroatoms. The average molecular weight is 149 g/mol. The fourth-order valence-corrected chi connectivity index (χ4v) is 0.596. The highest BCUT2D eigenvalue weighted by molar-refractivity contribution is 5.12. The topological polar surface area (TPSA) is 0 Å². The second kappa shape index (κ2) is 8.96. The van der Waals surface area contributed by atoms with E-state index >= 15 is 0 Å². The van der Waals surface area contributed by atoms with E-state index in [1.165, 1.54) is 0 Å². The van der Waals surface area contributed by atoms with Gasteiger partial charge in [-0.3, -0.25) is 0 Å². The largest absolute Gasteiger partial charge is 0.103 e. The zero-order valence-electron chi connectivity index (χ0n) is 6.87. The molecule has 0 heterocycles. The fraction of sp³-hybridized carbons (Fsp3) is 0.182. The quantitative estimate of drug-likeness (QED) is 0.307. The van der Waals surface area contributed by atoms with E-state index in [4.69, 9.17) is 0 Å². The summed E-state index contributed by atoms with van der Waals surface area (Å²) >= 11 is 0. The second-order valence-corrected chi connectivity index (χ2v) is 2.11. The average Bonchev–Trinajstić information content (AvgIpc) is 2.03. The first-order chi connectivity index (χ1) is 5.41. The van der Waals surface area contributed by atoms with Crippen molar-refractivity contribution in [2.45, 2.75) is 12.8 Å². The Labute approximate surface area is 71.1 Å². The van der Waals surface area contributed by atoms with E-state index in [-0.39, 0.29) is 1.43 Å². The third kappa shape index (κ3) is 8.96. The fourth-order valence-electron chi connectivity index (χ4n) is 0.596. The van der Waals surface area contributed by atoms with Gasteiger partial charge in [-0.25, -0.2) is 0 Å². The van der Waals surface area contributed by atoms with Crippen LogP contribution in [0.15, 0.2) is 49.6 Å². The van der Waals surface area contributed by atoms with E-state index in [9.17, 15) is 0 Å². The predicted octanol–water partition coefficient (Wildman–Crippen LogP) is 3.70. The Hall–Kier alpha value is -1.04. The summed E-state index contributed by atoms with van der Waals surface area (Å²) < 4.78 is 0. The van der Waals surface area contributed by atoms with Crippen LogP contribution in [0.3, 0.4) is 0 Å². The number of rotatable bonds is 6. The minimum atomic E-state index is 0. The molecule has 0 fully saturated rings. The monoisotopic (exact) mass is 149 g/mol. The van der Waals surface area contributed by atoms with Crippen LogP contribution in [0.25, 0.3) is 0 Å². The standard InChI is InChI=1S/C11H15.H2/c1-3-5-7-9-11-10-8-6-4-2;/h3-5,7,9-11H,1-2,6,8H2;1H/b7-5-,11-10+;. The van der Waals surface area contributed by atoms with Crippen LogP contribution in [0.4, 0.5) is 0 Å². The van der Waals surface area contributed by atoms with Gasteiger partial charge in [0, 0.05) is 7.85 Å². The van der Waals surface area contributed by atoms with Gasteiger partial charge in [-0.2, -0.15) is 0 Å². The second-order valence-electron chi connectivity index (χ2n) is 2.11. The molecule has 61 valence electrons. The van der Waals surface area contributed by atoms with Crippen molar-refractivity contribution < 1.29 is 1.43 Å². The van der Waals surface area contributed by atoms with E-state index in [1.807, 2.05) is 30.7 Å². The third-order valence-electron chi connectivity index (χ3n) is 1.14. The molecule has 0 spiro atoms. The summed E-state index contributed by atoms with van der Waals surface area (Å²) in [5.41, 5.74) is 0. The highest BCUT2D eigenvalue weighted by Crippen LogP contribution is 1.92. The molecule has 0 unspecified atom stereocenters. The van der Waals surface area contributed by atoms with E-state index in [2.05, 4.69) is 19.2 Å². The van der Waals surface area contributed by atoms with Crippen LogP contribution in [0.1, 0.15) is 14.3 Å². The number of hydrogen-bond donors (Lipinski definition) is 0. The van der Waals surface area contributed by atoms with Crippen LogP contribution in [0, 0.1) is 6.42 Å². The predicted molar refractivity (Wildman–Crippen MR) is 54.3 cm³/mol. The molecule has 0 aromatic heterocycles. The van der Waals surface area contributed by atoms with E-state index in [1.54, 1.807) is 6.08 Å². The summed E-state index contributed by atoms with van der Waals surface area (Å²) in [6, 6.07) is 0. The lowest BCUT2D eigenvalue weighted by molar-refractivity contribution is 1.05. The van der Waals surface area contributed by atoms with Gasteiger partial charge in [-0.05, 0) is 12.8 Å². The first kappa shape index (κ1) is 9.96. The van der Waals surface area contributed by atoms with Crippen LogP contribution >= 0.6 is 0 Å². The van der Waals surface area contributed by atoms with Gasteiger partial charge in [0.25, 0.3) is 0 Å². The van der Waals surface area contributed by atoms with Gasteiger partial charge in [-0.1, -0.05) is 43.0 Å². The Kier molecular flexibility index (Phi) is 8.11. The number of allylic oxidation sites excluding steroid dienone is 6. The van der Waals surface area contributed by atoms with Gasteiger partial charge in [0.2, 0.25) is 0 Å². The molecule has 0 aliphatic carbocycles. The normalized spacial score (nSPS) is 10.9. The molecule has 0 aliphatic rings. The lowest BCUT2D eigenvalue weighted by atomic mass is 10.2. The number of hydrogen-bond acceptors (Lipinski definition) is 0. The first-order valence-electron chi connectivity index (χ1n) is 3.80. The Morgan fingerprint density at radius 3 is 2.45 bits per heavy atom. The number of unbranched alkanes of at least 4 members (excludes halogenated alkanes) is 1. The molecule has 0 saturated carbocycles. The molecule has 0 bridgehead atoms. The highest BCUT2D eigenvalue weighted by atomic mass is 13.8. The Bertz CT molecular complexity index is 154. The molecule has 1 radical (unpaired) electrons. The van der Waals surface area contributed by atoms with Crippen molar-refractivity contribution in [3.63, 3.8) is 0 Å². The van der Waals surface area contributed by atoms with Crippen molar-refractivity contribution in [2.75, 3.05) is 0 Å². The summed E-state index contributed by atoms with van der Waals surface area (Å²) in [5, 5.41) is 0. The van der Waals surface area contributed by atoms with Gasteiger partial charge >= 0.3 is 0 Å². The maximum Gasteiger partial charge on any atom is 0.00473 e. The van der Waals surface area contributed by atoms with Gasteiger partial charge < -0.3 is 0 Å². The lowest BCUT2D eigenvalue weighted by Crippen LogP contribution is -1.63. The smallest absolute Gasteiger partial charge is 0.00473 e. The summed E-state index contributed by atoms with van der Waals surface area (Å²) in [7, 11) is 0. The van der Waals surface area contributed by atoms with Gasteiger partial charge in [0.1, 0.15) is 0 Å². The van der Waals surface area contributed by atoms with Crippen LogP contribution in [0.5, 0.6) is 0 Å². The molecule has 0 nitrogen and oxygen atoms in total. The molecule has 0 aromatic rings. The SMILES string of the molecule is C=C/C=C\[CH]/C=C/CCC=C.[HH]. The van der Waals surface area contributed by atoms with Crippen LogP contribution < -0.4 is 0 Å². The summed E-state index contributed by atoms with van der Waals surface area (Å²) in [5.74, 6) is 0.